The van der Waals surface area contributed by atoms with Gasteiger partial charge in [0.1, 0.15) is 0 Å². The standard InChI is InChI=1S/C10H17N3O3/c1-4-11-7(3)6-8-12-9(13-16-8)10(14)15-5-2/h7,11H,4-6H2,1-3H3. The molecule has 0 fully saturated rings. The summed E-state index contributed by atoms with van der Waals surface area (Å²) in [5.41, 5.74) is 0. The number of likely N-dealkylation sites (N-methyl/N-ethyl adjacent to an activating group) is 1. The lowest BCUT2D eigenvalue weighted by molar-refractivity contribution is 0.0508. The molecule has 1 aromatic heterocycles. The molecule has 6 heteroatoms. The zero-order chi connectivity index (χ0) is 12.0. The molecule has 90 valence electrons. The topological polar surface area (TPSA) is 77.2 Å². The van der Waals surface area contributed by atoms with E-state index in [1.807, 2.05) is 13.8 Å². The minimum Gasteiger partial charge on any atom is -0.460 e. The van der Waals surface area contributed by atoms with E-state index in [0.29, 0.717) is 18.9 Å². The first kappa shape index (κ1) is 12.6. The molecule has 1 unspecified atom stereocenters. The SMILES string of the molecule is CCNC(C)Cc1nc(C(=O)OCC)no1. The van der Waals surface area contributed by atoms with E-state index in [0.717, 1.165) is 6.54 Å². The second-order valence-electron chi connectivity index (χ2n) is 3.40. The molecule has 1 rings (SSSR count). The van der Waals surface area contributed by atoms with Crippen molar-refractivity contribution in [2.24, 2.45) is 0 Å². The van der Waals surface area contributed by atoms with Crippen LogP contribution in [0.1, 0.15) is 37.3 Å². The summed E-state index contributed by atoms with van der Waals surface area (Å²) >= 11 is 0. The Hall–Kier alpha value is -1.43. The lowest BCUT2D eigenvalue weighted by Crippen LogP contribution is -2.27. The number of carbonyl (C=O) groups excluding carboxylic acids is 1. The molecule has 0 saturated carbocycles. The second kappa shape index (κ2) is 6.22. The first-order valence-electron chi connectivity index (χ1n) is 5.40. The highest BCUT2D eigenvalue weighted by Crippen LogP contribution is 2.02. The van der Waals surface area contributed by atoms with Crippen molar-refractivity contribution >= 4 is 5.97 Å². The van der Waals surface area contributed by atoms with Crippen LogP contribution in [-0.2, 0) is 11.2 Å². The van der Waals surface area contributed by atoms with Crippen LogP contribution in [0.4, 0.5) is 0 Å². The molecule has 1 aromatic rings. The van der Waals surface area contributed by atoms with Crippen LogP contribution in [0.3, 0.4) is 0 Å². The van der Waals surface area contributed by atoms with Gasteiger partial charge in [-0.1, -0.05) is 6.92 Å². The molecule has 1 atom stereocenters. The Balaban J connectivity index is 2.54. The van der Waals surface area contributed by atoms with E-state index >= 15 is 0 Å². The Morgan fingerprint density at radius 2 is 2.31 bits per heavy atom. The maximum absolute atomic E-state index is 11.2. The molecule has 0 amide bonds. The van der Waals surface area contributed by atoms with Crippen molar-refractivity contribution in [2.75, 3.05) is 13.2 Å². The Bertz CT molecular complexity index is 338. The highest BCUT2D eigenvalue weighted by atomic mass is 16.5. The predicted octanol–water partition coefficient (Wildman–Crippen LogP) is 0.787. The molecule has 16 heavy (non-hydrogen) atoms. The van der Waals surface area contributed by atoms with E-state index < -0.39 is 5.97 Å². The van der Waals surface area contributed by atoms with E-state index in [2.05, 4.69) is 15.5 Å². The average Bonchev–Trinajstić information content (AvgIpc) is 2.67. The molecule has 0 aliphatic heterocycles. The highest BCUT2D eigenvalue weighted by molar-refractivity contribution is 5.84. The summed E-state index contributed by atoms with van der Waals surface area (Å²) in [4.78, 5) is 15.2. The first-order valence-corrected chi connectivity index (χ1v) is 5.40. The summed E-state index contributed by atoms with van der Waals surface area (Å²) in [5, 5.41) is 6.77. The van der Waals surface area contributed by atoms with Gasteiger partial charge in [0.05, 0.1) is 6.61 Å². The van der Waals surface area contributed by atoms with Crippen LogP contribution in [0, 0.1) is 0 Å². The van der Waals surface area contributed by atoms with Crippen molar-refractivity contribution in [3.05, 3.63) is 11.7 Å². The predicted molar refractivity (Wildman–Crippen MR) is 57.1 cm³/mol. The van der Waals surface area contributed by atoms with Crippen LogP contribution >= 0.6 is 0 Å². The minimum absolute atomic E-state index is 0.0134. The number of esters is 1. The summed E-state index contributed by atoms with van der Waals surface area (Å²) in [7, 11) is 0. The first-order chi connectivity index (χ1) is 7.67. The van der Waals surface area contributed by atoms with Gasteiger partial charge in [-0.05, 0) is 25.5 Å². The number of hydrogen-bond donors (Lipinski definition) is 1. The number of nitrogens with zero attached hydrogens (tertiary/aromatic N) is 2. The third-order valence-electron chi connectivity index (χ3n) is 1.96. The lowest BCUT2D eigenvalue weighted by atomic mass is 10.2. The van der Waals surface area contributed by atoms with E-state index in [9.17, 15) is 4.79 Å². The van der Waals surface area contributed by atoms with E-state index in [-0.39, 0.29) is 11.9 Å². The van der Waals surface area contributed by atoms with Crippen molar-refractivity contribution in [2.45, 2.75) is 33.2 Å². The second-order valence-corrected chi connectivity index (χ2v) is 3.40. The van der Waals surface area contributed by atoms with Crippen LogP contribution in [0.2, 0.25) is 0 Å². The molecule has 1 heterocycles. The van der Waals surface area contributed by atoms with E-state index in [1.54, 1.807) is 6.92 Å². The smallest absolute Gasteiger partial charge is 0.379 e. The summed E-state index contributed by atoms with van der Waals surface area (Å²) < 4.78 is 9.70. The summed E-state index contributed by atoms with van der Waals surface area (Å²) in [5.74, 6) is -0.120. The molecule has 0 aromatic carbocycles. The van der Waals surface area contributed by atoms with Gasteiger partial charge in [0.25, 0.3) is 5.82 Å². The molecule has 0 aliphatic carbocycles. The van der Waals surface area contributed by atoms with Crippen molar-refractivity contribution in [1.82, 2.24) is 15.5 Å². The monoisotopic (exact) mass is 227 g/mol. The van der Waals surface area contributed by atoms with Crippen LogP contribution < -0.4 is 5.32 Å². The number of rotatable bonds is 6. The maximum atomic E-state index is 11.2. The molecular formula is C10H17N3O3. The fourth-order valence-electron chi connectivity index (χ4n) is 1.30. The molecule has 0 spiro atoms. The molecule has 0 aliphatic rings. The molecule has 6 nitrogen and oxygen atoms in total. The number of hydrogen-bond acceptors (Lipinski definition) is 6. The van der Waals surface area contributed by atoms with Gasteiger partial charge < -0.3 is 14.6 Å². The van der Waals surface area contributed by atoms with Gasteiger partial charge in [0.2, 0.25) is 5.89 Å². The zero-order valence-corrected chi connectivity index (χ0v) is 9.82. The third kappa shape index (κ3) is 3.62. The molecule has 0 radical (unpaired) electrons. The van der Waals surface area contributed by atoms with E-state index in [4.69, 9.17) is 9.26 Å². The number of carbonyl (C=O) groups is 1. The van der Waals surface area contributed by atoms with Gasteiger partial charge in [-0.3, -0.25) is 0 Å². The number of aromatic nitrogens is 2. The maximum Gasteiger partial charge on any atom is 0.379 e. The Kier molecular flexibility index (Phi) is 4.91. The highest BCUT2D eigenvalue weighted by Gasteiger charge is 2.16. The summed E-state index contributed by atoms with van der Waals surface area (Å²) in [6.07, 6.45) is 0.597. The fraction of sp³-hybridized carbons (Fsp3) is 0.700. The van der Waals surface area contributed by atoms with Gasteiger partial charge in [0.15, 0.2) is 0 Å². The zero-order valence-electron chi connectivity index (χ0n) is 9.82. The van der Waals surface area contributed by atoms with Crippen LogP contribution in [0.25, 0.3) is 0 Å². The Morgan fingerprint density at radius 1 is 1.56 bits per heavy atom. The molecular weight excluding hydrogens is 210 g/mol. The van der Waals surface area contributed by atoms with Crippen molar-refractivity contribution in [1.29, 1.82) is 0 Å². The van der Waals surface area contributed by atoms with Crippen LogP contribution in [0.15, 0.2) is 4.52 Å². The van der Waals surface area contributed by atoms with Gasteiger partial charge in [-0.2, -0.15) is 4.98 Å². The Morgan fingerprint density at radius 3 is 2.94 bits per heavy atom. The molecule has 0 bridgehead atoms. The minimum atomic E-state index is -0.548. The normalized spacial score (nSPS) is 12.4. The van der Waals surface area contributed by atoms with Crippen molar-refractivity contribution in [3.63, 3.8) is 0 Å². The average molecular weight is 227 g/mol. The number of nitrogens with one attached hydrogen (secondary N) is 1. The Labute approximate surface area is 94.4 Å². The van der Waals surface area contributed by atoms with Gasteiger partial charge in [-0.25, -0.2) is 4.79 Å². The van der Waals surface area contributed by atoms with E-state index in [1.165, 1.54) is 0 Å². The largest absolute Gasteiger partial charge is 0.460 e. The van der Waals surface area contributed by atoms with Crippen molar-refractivity contribution < 1.29 is 14.1 Å². The number of ether oxygens (including phenoxy) is 1. The third-order valence-corrected chi connectivity index (χ3v) is 1.96. The van der Waals surface area contributed by atoms with Gasteiger partial charge in [-0.15, -0.1) is 0 Å². The van der Waals surface area contributed by atoms with Crippen LogP contribution in [-0.4, -0.2) is 35.3 Å². The lowest BCUT2D eigenvalue weighted by Gasteiger charge is -2.07. The van der Waals surface area contributed by atoms with Gasteiger partial charge >= 0.3 is 5.97 Å². The summed E-state index contributed by atoms with van der Waals surface area (Å²) in [6.45, 7) is 6.94. The van der Waals surface area contributed by atoms with Crippen LogP contribution in [0.5, 0.6) is 0 Å². The quantitative estimate of drug-likeness (QED) is 0.724. The fourth-order valence-corrected chi connectivity index (χ4v) is 1.30. The van der Waals surface area contributed by atoms with Crippen molar-refractivity contribution in [3.8, 4) is 0 Å². The van der Waals surface area contributed by atoms with Gasteiger partial charge in [0, 0.05) is 12.5 Å². The molecule has 1 N–H and O–H groups in total. The summed E-state index contributed by atoms with van der Waals surface area (Å²) in [6, 6.07) is 0.237. The molecule has 0 saturated heterocycles.